The quantitative estimate of drug-likeness (QED) is 0.369. The molecule has 9 heteroatoms. The third kappa shape index (κ3) is 4.63. The summed E-state index contributed by atoms with van der Waals surface area (Å²) in [5.41, 5.74) is 1.59. The maximum atomic E-state index is 12.5. The van der Waals surface area contributed by atoms with Crippen molar-refractivity contribution in [3.63, 3.8) is 0 Å². The Morgan fingerprint density at radius 2 is 1.75 bits per heavy atom. The molecule has 7 nitrogen and oxygen atoms in total. The molecule has 1 N–H and O–H groups in total. The van der Waals surface area contributed by atoms with Crippen molar-refractivity contribution in [2.45, 2.75) is 29.4 Å². The van der Waals surface area contributed by atoms with Gasteiger partial charge >= 0.3 is 5.97 Å². The van der Waals surface area contributed by atoms with Crippen LogP contribution in [0, 0.1) is 18.8 Å². The van der Waals surface area contributed by atoms with Gasteiger partial charge in [0, 0.05) is 15.3 Å². The van der Waals surface area contributed by atoms with E-state index < -0.39 is 36.9 Å². The van der Waals surface area contributed by atoms with Gasteiger partial charge < -0.3 is 10.1 Å². The lowest BCUT2D eigenvalue weighted by Gasteiger charge is -2.29. The number of hydrogen-bond acceptors (Lipinski definition) is 5. The molecule has 1 heterocycles. The summed E-state index contributed by atoms with van der Waals surface area (Å²) in [5, 5.41) is 2.63. The van der Waals surface area contributed by atoms with Gasteiger partial charge in [-0.15, -0.1) is 0 Å². The van der Waals surface area contributed by atoms with Crippen molar-refractivity contribution in [1.82, 2.24) is 4.90 Å². The van der Waals surface area contributed by atoms with Crippen molar-refractivity contribution < 1.29 is 23.9 Å². The van der Waals surface area contributed by atoms with Crippen LogP contribution in [0.4, 0.5) is 5.69 Å². The van der Waals surface area contributed by atoms with E-state index in [0.717, 1.165) is 10.5 Å². The minimum absolute atomic E-state index is 0.0997. The molecule has 0 unspecified atom stereocenters. The Bertz CT molecular complexity index is 787. The Hall–Kier alpha value is -1.74. The first-order valence-electron chi connectivity index (χ1n) is 8.91. The fourth-order valence-electron chi connectivity index (χ4n) is 3.56. The van der Waals surface area contributed by atoms with Gasteiger partial charge in [-0.25, -0.2) is 0 Å². The Morgan fingerprint density at radius 3 is 2.32 bits per heavy atom. The first-order valence-corrected chi connectivity index (χ1v) is 10.7. The number of rotatable bonds is 5. The number of likely N-dealkylation sites (tertiary alicyclic amines) is 1. The van der Waals surface area contributed by atoms with Crippen molar-refractivity contribution in [1.29, 1.82) is 0 Å². The summed E-state index contributed by atoms with van der Waals surface area (Å²) in [6, 6.07) is 7.21. The summed E-state index contributed by atoms with van der Waals surface area (Å²) in [7, 11) is 0. The monoisotopic (exact) mass is 514 g/mol. The lowest BCUT2D eigenvalue weighted by molar-refractivity contribution is -0.154. The zero-order chi connectivity index (χ0) is 20.4. The van der Waals surface area contributed by atoms with E-state index in [-0.39, 0.29) is 21.5 Å². The molecule has 1 aromatic rings. The summed E-state index contributed by atoms with van der Waals surface area (Å²) >= 11 is 7.03. The molecule has 0 spiro atoms. The smallest absolute Gasteiger partial charge is 0.326 e. The first-order chi connectivity index (χ1) is 13.3. The van der Waals surface area contributed by atoms with Crippen LogP contribution in [0.5, 0.6) is 0 Å². The molecule has 2 fully saturated rings. The molecule has 0 bridgehead atoms. The Labute approximate surface area is 179 Å². The number of nitrogens with zero attached hydrogens (tertiary/aromatic N) is 1. The molecule has 3 rings (SSSR count). The standard InChI is InChI=1S/C19H20Br2N2O5/c1-10-3-2-4-11(5-10)22-16(24)9-28-17(25)8-23-18(26)12-6-14(20)15(21)7-13(12)19(23)27/h2-5,12-15H,6-9H2,1H3,(H,22,24)/t12-,13+,14+,15-. The van der Waals surface area contributed by atoms with E-state index in [4.69, 9.17) is 4.74 Å². The van der Waals surface area contributed by atoms with Crippen LogP contribution in [-0.4, -0.2) is 51.4 Å². The summed E-state index contributed by atoms with van der Waals surface area (Å²) < 4.78 is 4.94. The predicted octanol–water partition coefficient (Wildman–Crippen LogP) is 2.40. The average Bonchev–Trinajstić information content (AvgIpc) is 2.85. The number of halogens is 2. The van der Waals surface area contributed by atoms with Crippen molar-refractivity contribution in [2.75, 3.05) is 18.5 Å². The summed E-state index contributed by atoms with van der Waals surface area (Å²) in [6.45, 7) is 0.943. The van der Waals surface area contributed by atoms with E-state index in [0.29, 0.717) is 18.5 Å². The number of fused-ring (bicyclic) bond motifs is 1. The lowest BCUT2D eigenvalue weighted by Crippen LogP contribution is -2.37. The fourth-order valence-corrected chi connectivity index (χ4v) is 4.80. The molecule has 1 aromatic carbocycles. The molecule has 2 aliphatic rings. The molecule has 28 heavy (non-hydrogen) atoms. The lowest BCUT2D eigenvalue weighted by atomic mass is 9.81. The number of amides is 3. The minimum Gasteiger partial charge on any atom is -0.454 e. The number of carbonyl (C=O) groups excluding carboxylic acids is 4. The van der Waals surface area contributed by atoms with Gasteiger partial charge in [0.05, 0.1) is 11.8 Å². The maximum Gasteiger partial charge on any atom is 0.326 e. The zero-order valence-corrected chi connectivity index (χ0v) is 18.4. The van der Waals surface area contributed by atoms with Gasteiger partial charge in [0.2, 0.25) is 11.8 Å². The summed E-state index contributed by atoms with van der Waals surface area (Å²) in [6.07, 6.45) is 1.07. The highest BCUT2D eigenvalue weighted by atomic mass is 79.9. The van der Waals surface area contributed by atoms with Gasteiger partial charge in [-0.2, -0.15) is 0 Å². The molecule has 1 aliphatic carbocycles. The maximum absolute atomic E-state index is 12.5. The molecule has 1 saturated carbocycles. The van der Waals surface area contributed by atoms with Gasteiger partial charge in [0.25, 0.3) is 5.91 Å². The highest BCUT2D eigenvalue weighted by Gasteiger charge is 2.52. The van der Waals surface area contributed by atoms with Crippen molar-refractivity contribution >= 4 is 61.2 Å². The highest BCUT2D eigenvalue weighted by Crippen LogP contribution is 2.43. The molecule has 150 valence electrons. The van der Waals surface area contributed by atoms with Crippen LogP contribution in [0.2, 0.25) is 0 Å². The normalized spacial score (nSPS) is 26.8. The van der Waals surface area contributed by atoms with Crippen LogP contribution in [0.25, 0.3) is 0 Å². The molecule has 3 amide bonds. The number of nitrogens with one attached hydrogen (secondary N) is 1. The van der Waals surface area contributed by atoms with Crippen molar-refractivity contribution in [3.05, 3.63) is 29.8 Å². The topological polar surface area (TPSA) is 92.8 Å². The third-order valence-corrected chi connectivity index (χ3v) is 7.69. The minimum atomic E-state index is -0.787. The van der Waals surface area contributed by atoms with Gasteiger partial charge in [-0.3, -0.25) is 24.1 Å². The van der Waals surface area contributed by atoms with Gasteiger partial charge in [-0.1, -0.05) is 44.0 Å². The number of ether oxygens (including phenoxy) is 1. The molecule has 0 aromatic heterocycles. The van der Waals surface area contributed by atoms with Gasteiger partial charge in [0.15, 0.2) is 6.61 Å². The number of benzene rings is 1. The van der Waals surface area contributed by atoms with Crippen LogP contribution >= 0.6 is 31.9 Å². The van der Waals surface area contributed by atoms with E-state index in [1.165, 1.54) is 0 Å². The zero-order valence-electron chi connectivity index (χ0n) is 15.2. The number of alkyl halides is 2. The Balaban J connectivity index is 1.51. The third-order valence-electron chi connectivity index (χ3n) is 4.96. The van der Waals surface area contributed by atoms with Crippen LogP contribution in [0.15, 0.2) is 24.3 Å². The van der Waals surface area contributed by atoms with Gasteiger partial charge in [-0.05, 0) is 37.5 Å². The highest BCUT2D eigenvalue weighted by molar-refractivity contribution is 9.12. The van der Waals surface area contributed by atoms with E-state index in [9.17, 15) is 19.2 Å². The first kappa shape index (κ1) is 21.0. The number of carbonyl (C=O) groups is 4. The molecular formula is C19H20Br2N2O5. The second kappa shape index (κ2) is 8.73. The molecule has 0 radical (unpaired) electrons. The molecule has 4 atom stereocenters. The summed E-state index contributed by atoms with van der Waals surface area (Å²) in [4.78, 5) is 50.2. The number of esters is 1. The van der Waals surface area contributed by atoms with Gasteiger partial charge in [0.1, 0.15) is 6.54 Å². The van der Waals surface area contributed by atoms with E-state index in [1.54, 1.807) is 18.2 Å². The van der Waals surface area contributed by atoms with Crippen LogP contribution < -0.4 is 5.32 Å². The van der Waals surface area contributed by atoms with E-state index in [1.807, 2.05) is 13.0 Å². The number of imide groups is 1. The van der Waals surface area contributed by atoms with E-state index >= 15 is 0 Å². The summed E-state index contributed by atoms with van der Waals surface area (Å²) in [5.74, 6) is -2.80. The van der Waals surface area contributed by atoms with Crippen LogP contribution in [-0.2, 0) is 23.9 Å². The van der Waals surface area contributed by atoms with Crippen LogP contribution in [0.1, 0.15) is 18.4 Å². The van der Waals surface area contributed by atoms with E-state index in [2.05, 4.69) is 37.2 Å². The van der Waals surface area contributed by atoms with Crippen molar-refractivity contribution in [3.8, 4) is 0 Å². The van der Waals surface area contributed by atoms with Crippen LogP contribution in [0.3, 0.4) is 0 Å². The molecular weight excluding hydrogens is 496 g/mol. The second-order valence-corrected chi connectivity index (χ2v) is 9.41. The Kier molecular flexibility index (Phi) is 6.54. The molecule has 1 saturated heterocycles. The second-order valence-electron chi connectivity index (χ2n) is 7.06. The SMILES string of the molecule is Cc1cccc(NC(=O)COC(=O)CN2C(=O)[C@H]3C[C@@H](Br)[C@@H](Br)C[C@H]3C2=O)c1. The Morgan fingerprint density at radius 1 is 1.14 bits per heavy atom. The predicted molar refractivity (Wildman–Crippen MR) is 109 cm³/mol. The molecule has 1 aliphatic heterocycles. The number of hydrogen-bond donors (Lipinski definition) is 1. The number of anilines is 1. The largest absolute Gasteiger partial charge is 0.454 e. The fraction of sp³-hybridized carbons (Fsp3) is 0.474. The van der Waals surface area contributed by atoms with Crippen molar-refractivity contribution in [2.24, 2.45) is 11.8 Å². The number of aryl methyl sites for hydroxylation is 1. The average molecular weight is 516 g/mol.